The van der Waals surface area contributed by atoms with Crippen LogP contribution in [0.3, 0.4) is 0 Å². The van der Waals surface area contributed by atoms with E-state index in [1.807, 2.05) is 0 Å². The molecule has 0 aromatic heterocycles. The van der Waals surface area contributed by atoms with Gasteiger partial charge in [0.15, 0.2) is 31.5 Å². The van der Waals surface area contributed by atoms with E-state index < -0.39 is 245 Å². The Bertz CT molecular complexity index is 2810. The van der Waals surface area contributed by atoms with Crippen molar-refractivity contribution in [1.29, 1.82) is 0 Å². The second-order valence-corrected chi connectivity index (χ2v) is 32.1. The van der Waals surface area contributed by atoms with E-state index in [1.54, 1.807) is 0 Å². The van der Waals surface area contributed by atoms with Gasteiger partial charge in [-0.2, -0.15) is 0 Å². The first-order chi connectivity index (χ1) is 46.4. The summed E-state index contributed by atoms with van der Waals surface area (Å²) in [6.45, 7) is 14.9. The van der Waals surface area contributed by atoms with Crippen LogP contribution in [0.5, 0.6) is 0 Å². The van der Waals surface area contributed by atoms with Gasteiger partial charge in [-0.1, -0.05) is 60.1 Å². The first-order valence-corrected chi connectivity index (χ1v) is 35.0. The van der Waals surface area contributed by atoms with Crippen molar-refractivity contribution < 1.29 is 158 Å². The quantitative estimate of drug-likeness (QED) is 0.0373. The minimum Gasteiger partial charge on any atom is -0.463 e. The molecule has 6 aliphatic heterocycles. The van der Waals surface area contributed by atoms with E-state index in [-0.39, 0.29) is 34.0 Å². The van der Waals surface area contributed by atoms with Crippen molar-refractivity contribution in [2.75, 3.05) is 33.0 Å². The molecule has 0 radical (unpaired) electrons. The highest BCUT2D eigenvalue weighted by atomic mass is 16.8. The van der Waals surface area contributed by atoms with Crippen LogP contribution >= 0.6 is 0 Å². The number of carbonyl (C=O) groups excluding carboxylic acids is 2. The van der Waals surface area contributed by atoms with E-state index in [4.69, 9.17) is 61.6 Å². The first kappa shape index (κ1) is 77.7. The lowest BCUT2D eigenvalue weighted by Crippen LogP contribution is -2.67. The van der Waals surface area contributed by atoms with Gasteiger partial charge < -0.3 is 148 Å². The van der Waals surface area contributed by atoms with Crippen LogP contribution in [0, 0.1) is 50.2 Å². The predicted octanol–water partition coefficient (Wildman–Crippen LogP) is -4.15. The van der Waals surface area contributed by atoms with Gasteiger partial charge in [0.05, 0.1) is 44.1 Å². The number of carbonyl (C=O) groups is 2. The molecule has 11 rings (SSSR count). The molecule has 568 valence electrons. The molecule has 0 amide bonds. The lowest BCUT2D eigenvalue weighted by Gasteiger charge is -2.71. The molecule has 0 bridgehead atoms. The lowest BCUT2D eigenvalue weighted by molar-refractivity contribution is -0.389. The van der Waals surface area contributed by atoms with Crippen molar-refractivity contribution in [2.24, 2.45) is 50.2 Å². The third kappa shape index (κ3) is 13.9. The molecular formula is C67H108O32. The molecule has 4 saturated carbocycles. The molecule has 5 aliphatic carbocycles. The number of aliphatic hydroxyl groups is 17. The van der Waals surface area contributed by atoms with Crippen molar-refractivity contribution in [2.45, 2.75) is 311 Å². The Balaban J connectivity index is 0.794. The molecule has 6 saturated heterocycles. The van der Waals surface area contributed by atoms with Gasteiger partial charge in [-0.15, -0.1) is 0 Å². The molecular weight excluding hydrogens is 1320 g/mol. The largest absolute Gasteiger partial charge is 0.463 e. The fourth-order valence-electron chi connectivity index (χ4n) is 19.2. The van der Waals surface area contributed by atoms with E-state index in [2.05, 4.69) is 54.5 Å². The van der Waals surface area contributed by atoms with Crippen molar-refractivity contribution in [3.63, 3.8) is 0 Å². The maximum atomic E-state index is 15.4. The first-order valence-electron chi connectivity index (χ1n) is 35.0. The predicted molar refractivity (Wildman–Crippen MR) is 330 cm³/mol. The number of esters is 2. The van der Waals surface area contributed by atoms with Gasteiger partial charge >= 0.3 is 11.9 Å². The standard InChI is InChI=1S/C67H108O32/c1-26-38(72)42(76)47(81)56(90-26)97-53-34(25-87-27(2)70)94-55(51(85)46(53)80)89-24-33-41(75)45(79)50(84)59(93-33)99-61(86)67-18-16-62(3,4)20-29(67)28-10-11-36-64(7)14-13-37(63(5,6)35(64)12-15-66(36,9)65(28,8)17-19-67)95-60-54(98-58-49(83)44(78)40(74)32(22-69)92-58)52(30(71)23-88-60)96-57-48(82)43(77)39(73)31(21-68)91-57/h10,26,29-60,68-69,71-85H,11-25H2,1-9H3/t26-,29-,30-,31+,32+,33+,34+,35-,36+,37-,38-,39+,40-,41+,42+,43-,44-,45-,46+,47+,48+,49+,50+,51+,52-,53+,54+,55+,56-,57-,58-,59-,60-,64-,65+,66+,67-/m0/s1. The molecule has 10 fully saturated rings. The molecule has 0 unspecified atom stereocenters. The summed E-state index contributed by atoms with van der Waals surface area (Å²) in [7, 11) is 0. The normalized spacial score (nSPS) is 52.8. The second kappa shape index (κ2) is 29.4. The topological polar surface area (TPSA) is 498 Å². The smallest absolute Gasteiger partial charge is 0.315 e. The number of rotatable bonds is 17. The van der Waals surface area contributed by atoms with Gasteiger partial charge in [-0.25, -0.2) is 0 Å². The summed E-state index contributed by atoms with van der Waals surface area (Å²) < 4.78 is 77.8. The van der Waals surface area contributed by atoms with Gasteiger partial charge in [0.25, 0.3) is 0 Å². The second-order valence-electron chi connectivity index (χ2n) is 32.1. The van der Waals surface area contributed by atoms with Crippen LogP contribution in [0.2, 0.25) is 0 Å². The van der Waals surface area contributed by atoms with Crippen LogP contribution in [0.15, 0.2) is 11.6 Å². The van der Waals surface area contributed by atoms with Gasteiger partial charge in [0, 0.05) is 6.92 Å². The Morgan fingerprint density at radius 1 is 0.505 bits per heavy atom. The molecule has 32 heteroatoms. The van der Waals surface area contributed by atoms with Gasteiger partial charge in [0.1, 0.15) is 141 Å². The molecule has 0 aromatic carbocycles. The highest BCUT2D eigenvalue weighted by molar-refractivity contribution is 5.79. The number of hydrogen-bond acceptors (Lipinski definition) is 32. The van der Waals surface area contributed by atoms with Crippen LogP contribution in [0.25, 0.3) is 0 Å². The summed E-state index contributed by atoms with van der Waals surface area (Å²) in [5.41, 5.74) is -1.85. The SMILES string of the molecule is CC(=O)OC[C@H]1O[C@@H](OC[C@H]2O[C@@H](OC(=O)[C@]34CCC(C)(C)C[C@H]3C3=CC[C@@H]5[C@@]6(C)CC[C@H](O[C@@H]7OC[C@H](O)[C@H](O[C@@H]8O[C@H](CO)[C@@H](O)[C@H](O)[C@H]8O)[C@H]7O[C@@H]7O[C@H](CO)[C@H](O)[C@H](O)[C@H]7O)C(C)(C)[C@@H]6CC[C@@]5(C)[C@]3(C)CC4)[C@H](O)[C@@H](O)[C@@H]2O)[C@H](O)[C@@H](O)[C@@H]1O[C@@H]1O[C@@H](C)[C@H](O)[C@@H](O)[C@H]1O. The maximum absolute atomic E-state index is 15.4. The van der Waals surface area contributed by atoms with Crippen molar-refractivity contribution >= 4 is 11.9 Å². The zero-order valence-electron chi connectivity index (χ0n) is 57.5. The van der Waals surface area contributed by atoms with Crippen LogP contribution in [0.1, 0.15) is 127 Å². The van der Waals surface area contributed by atoms with Crippen LogP contribution in [0.4, 0.5) is 0 Å². The minimum absolute atomic E-state index is 0.0233. The van der Waals surface area contributed by atoms with Crippen molar-refractivity contribution in [1.82, 2.24) is 0 Å². The van der Waals surface area contributed by atoms with E-state index >= 15 is 4.79 Å². The fraction of sp³-hybridized carbons (Fsp3) is 0.940. The van der Waals surface area contributed by atoms with Crippen LogP contribution in [-0.4, -0.2) is 316 Å². The Kier molecular flexibility index (Phi) is 23.0. The zero-order valence-corrected chi connectivity index (χ0v) is 57.5. The highest BCUT2D eigenvalue weighted by Crippen LogP contribution is 2.76. The molecule has 6 heterocycles. The van der Waals surface area contributed by atoms with Crippen molar-refractivity contribution in [3.8, 4) is 0 Å². The number of allylic oxidation sites excluding steroid dienone is 2. The molecule has 37 atom stereocenters. The highest BCUT2D eigenvalue weighted by Gasteiger charge is 2.71. The Morgan fingerprint density at radius 3 is 1.64 bits per heavy atom. The number of ether oxygens (including phenoxy) is 13. The van der Waals surface area contributed by atoms with Gasteiger partial charge in [-0.3, -0.25) is 9.59 Å². The summed E-state index contributed by atoms with van der Waals surface area (Å²) in [6, 6.07) is 0. The van der Waals surface area contributed by atoms with Gasteiger partial charge in [0.2, 0.25) is 6.29 Å². The monoisotopic (exact) mass is 1420 g/mol. The molecule has 0 aromatic rings. The average Bonchev–Trinajstić information content (AvgIpc) is 0.675. The fourth-order valence-corrected chi connectivity index (χ4v) is 19.2. The Morgan fingerprint density at radius 2 is 1.03 bits per heavy atom. The maximum Gasteiger partial charge on any atom is 0.315 e. The van der Waals surface area contributed by atoms with E-state index in [9.17, 15) is 91.6 Å². The molecule has 11 aliphatic rings. The molecule has 99 heavy (non-hydrogen) atoms. The Hall–Kier alpha value is -2.44. The van der Waals surface area contributed by atoms with Gasteiger partial charge in [-0.05, 0) is 116 Å². The van der Waals surface area contributed by atoms with E-state index in [0.29, 0.717) is 51.4 Å². The zero-order chi connectivity index (χ0) is 72.3. The molecule has 32 nitrogen and oxygen atoms in total. The third-order valence-electron chi connectivity index (χ3n) is 25.5. The van der Waals surface area contributed by atoms with Crippen molar-refractivity contribution in [3.05, 3.63) is 11.6 Å². The summed E-state index contributed by atoms with van der Waals surface area (Å²) in [5, 5.41) is 185. The average molecular weight is 1430 g/mol. The molecule has 0 spiro atoms. The summed E-state index contributed by atoms with van der Waals surface area (Å²) >= 11 is 0. The number of hydrogen-bond donors (Lipinski definition) is 17. The number of fused-ring (bicyclic) bond motifs is 7. The summed E-state index contributed by atoms with van der Waals surface area (Å²) in [6.07, 6.45) is -41.1. The lowest BCUT2D eigenvalue weighted by atomic mass is 9.33. The third-order valence-corrected chi connectivity index (χ3v) is 25.5. The molecule has 17 N–H and O–H groups in total. The summed E-state index contributed by atoms with van der Waals surface area (Å²) in [5.74, 6) is -1.60. The van der Waals surface area contributed by atoms with Crippen LogP contribution in [-0.2, 0) is 71.2 Å². The van der Waals surface area contributed by atoms with E-state index in [1.165, 1.54) is 6.92 Å². The summed E-state index contributed by atoms with van der Waals surface area (Å²) in [4.78, 5) is 27.4. The number of aliphatic hydroxyl groups excluding tert-OH is 17. The van der Waals surface area contributed by atoms with Crippen LogP contribution < -0.4 is 0 Å². The Labute approximate surface area is 573 Å². The van der Waals surface area contributed by atoms with E-state index in [0.717, 1.165) is 25.3 Å². The minimum atomic E-state index is -1.94.